The fourth-order valence-electron chi connectivity index (χ4n) is 4.97. The van der Waals surface area contributed by atoms with Gasteiger partial charge in [-0.05, 0) is 24.8 Å². The van der Waals surface area contributed by atoms with Crippen LogP contribution in [0.5, 0.6) is 0 Å². The summed E-state index contributed by atoms with van der Waals surface area (Å²) in [5, 5.41) is 8.70. The van der Waals surface area contributed by atoms with Crippen LogP contribution in [0.15, 0.2) is 18.5 Å². The number of nitrogens with zero attached hydrogens (tertiary/aromatic N) is 5. The molecule has 0 bridgehead atoms. The molecule has 0 amide bonds. The van der Waals surface area contributed by atoms with Gasteiger partial charge in [-0.15, -0.1) is 10.2 Å². The maximum atomic E-state index is 13.4. The number of H-pyrrole nitrogens is 1. The zero-order chi connectivity index (χ0) is 21.8. The van der Waals surface area contributed by atoms with Gasteiger partial charge in [0.15, 0.2) is 11.3 Å². The average molecular weight is 454 g/mol. The third-order valence-corrected chi connectivity index (χ3v) is 8.30. The van der Waals surface area contributed by atoms with E-state index in [-0.39, 0.29) is 31.0 Å². The smallest absolute Gasteiger partial charge is 0.279 e. The molecule has 12 heteroatoms. The van der Waals surface area contributed by atoms with Gasteiger partial charge in [0.25, 0.3) is 16.1 Å². The van der Waals surface area contributed by atoms with E-state index in [4.69, 9.17) is 0 Å². The van der Waals surface area contributed by atoms with E-state index in [0.29, 0.717) is 18.5 Å². The van der Waals surface area contributed by atoms with Crippen LogP contribution in [-0.4, -0.2) is 62.3 Å². The predicted octanol–water partition coefficient (Wildman–Crippen LogP) is 2.44. The molecule has 3 atom stereocenters. The molecule has 4 heterocycles. The molecule has 2 fully saturated rings. The quantitative estimate of drug-likeness (QED) is 0.617. The molecule has 1 saturated heterocycles. The highest BCUT2D eigenvalue weighted by atomic mass is 32.2. The molecule has 5 rings (SSSR count). The summed E-state index contributed by atoms with van der Waals surface area (Å²) in [7, 11) is -3.82. The van der Waals surface area contributed by atoms with Gasteiger partial charge in [-0.25, -0.2) is 13.8 Å². The molecule has 168 valence electrons. The first-order valence-corrected chi connectivity index (χ1v) is 12.0. The maximum absolute atomic E-state index is 13.4. The van der Waals surface area contributed by atoms with E-state index >= 15 is 0 Å². The Labute approximate surface area is 178 Å². The molecular formula is C19H25F2N7O2S. The van der Waals surface area contributed by atoms with Gasteiger partial charge in [-0.3, -0.25) is 4.40 Å². The van der Waals surface area contributed by atoms with Crippen molar-refractivity contribution in [2.45, 2.75) is 56.9 Å². The lowest BCUT2D eigenvalue weighted by molar-refractivity contribution is -0.0413. The van der Waals surface area contributed by atoms with Gasteiger partial charge in [0.05, 0.1) is 11.7 Å². The molecule has 3 aromatic heterocycles. The molecule has 3 aromatic rings. The Balaban J connectivity index is 1.38. The summed E-state index contributed by atoms with van der Waals surface area (Å²) in [6, 6.07) is 1.64. The van der Waals surface area contributed by atoms with Crippen molar-refractivity contribution in [3.8, 4) is 0 Å². The molecule has 0 radical (unpaired) electrons. The van der Waals surface area contributed by atoms with Crippen LogP contribution in [0.1, 0.15) is 50.8 Å². The lowest BCUT2D eigenvalue weighted by atomic mass is 9.93. The summed E-state index contributed by atoms with van der Waals surface area (Å²) in [6.45, 7) is 1.75. The number of aromatic amines is 1. The highest BCUT2D eigenvalue weighted by Gasteiger charge is 2.42. The summed E-state index contributed by atoms with van der Waals surface area (Å²) in [5.41, 5.74) is 2.26. The number of rotatable bonds is 5. The zero-order valence-electron chi connectivity index (χ0n) is 17.1. The molecule has 9 nitrogen and oxygen atoms in total. The number of halogens is 2. The normalized spacial score (nSPS) is 27.4. The van der Waals surface area contributed by atoms with Gasteiger partial charge in [0.1, 0.15) is 5.82 Å². The largest absolute Gasteiger partial charge is 0.345 e. The third kappa shape index (κ3) is 3.70. The Morgan fingerprint density at radius 2 is 2.03 bits per heavy atom. The molecule has 2 aliphatic rings. The Hall–Kier alpha value is -2.18. The topological polar surface area (TPSA) is 108 Å². The van der Waals surface area contributed by atoms with E-state index in [2.05, 4.69) is 31.8 Å². The Bertz CT molecular complexity index is 1200. The number of aromatic nitrogens is 5. The van der Waals surface area contributed by atoms with Crippen LogP contribution in [0.2, 0.25) is 0 Å². The van der Waals surface area contributed by atoms with Crippen molar-refractivity contribution in [1.82, 2.24) is 33.6 Å². The Morgan fingerprint density at radius 1 is 1.26 bits per heavy atom. The van der Waals surface area contributed by atoms with Crippen LogP contribution in [0.3, 0.4) is 0 Å². The van der Waals surface area contributed by atoms with Gasteiger partial charge < -0.3 is 4.98 Å². The van der Waals surface area contributed by atoms with Crippen LogP contribution in [0, 0.1) is 5.92 Å². The van der Waals surface area contributed by atoms with Crippen molar-refractivity contribution >= 4 is 27.0 Å². The van der Waals surface area contributed by atoms with Crippen molar-refractivity contribution in [1.29, 1.82) is 0 Å². The second-order valence-electron chi connectivity index (χ2n) is 8.54. The number of fused-ring (bicyclic) bond motifs is 3. The van der Waals surface area contributed by atoms with Gasteiger partial charge in [0, 0.05) is 44.1 Å². The van der Waals surface area contributed by atoms with Crippen LogP contribution in [0.4, 0.5) is 8.78 Å². The minimum Gasteiger partial charge on any atom is -0.345 e. The molecule has 2 N–H and O–H groups in total. The predicted molar refractivity (Wildman–Crippen MR) is 110 cm³/mol. The Morgan fingerprint density at radius 3 is 2.77 bits per heavy atom. The van der Waals surface area contributed by atoms with E-state index in [0.717, 1.165) is 27.7 Å². The van der Waals surface area contributed by atoms with Gasteiger partial charge in [0.2, 0.25) is 0 Å². The van der Waals surface area contributed by atoms with E-state index in [1.807, 2.05) is 16.7 Å². The number of hydrogen-bond donors (Lipinski definition) is 2. The van der Waals surface area contributed by atoms with Crippen molar-refractivity contribution in [2.24, 2.45) is 5.92 Å². The Kier molecular flexibility index (Phi) is 4.98. The fourth-order valence-corrected chi connectivity index (χ4v) is 6.39. The van der Waals surface area contributed by atoms with Gasteiger partial charge in [-0.2, -0.15) is 17.4 Å². The summed E-state index contributed by atoms with van der Waals surface area (Å²) >= 11 is 0. The van der Waals surface area contributed by atoms with E-state index in [1.54, 1.807) is 6.20 Å². The lowest BCUT2D eigenvalue weighted by Crippen LogP contribution is -2.49. The van der Waals surface area contributed by atoms with Crippen molar-refractivity contribution in [2.75, 3.05) is 13.1 Å². The van der Waals surface area contributed by atoms with E-state index < -0.39 is 29.0 Å². The number of alkyl halides is 2. The van der Waals surface area contributed by atoms with Crippen molar-refractivity contribution in [3.05, 3.63) is 24.3 Å². The molecule has 31 heavy (non-hydrogen) atoms. The van der Waals surface area contributed by atoms with Crippen molar-refractivity contribution < 1.29 is 17.2 Å². The van der Waals surface area contributed by atoms with Crippen LogP contribution < -0.4 is 4.72 Å². The summed E-state index contributed by atoms with van der Waals surface area (Å²) in [4.78, 5) is 7.43. The van der Waals surface area contributed by atoms with E-state index in [9.17, 15) is 17.2 Å². The molecule has 0 unspecified atom stereocenters. The standard InChI is InChI=1S/C19H25F2N7O2S/c1-2-12-9-13(26-31(29,30)27-7-4-19(20,21)5-8-27)10-14(12)18-25-24-16-11-23-17-15(28(16)18)3-6-22-17/h3,6,11-14,22,26H,2,4-5,7-10H2,1H3/t12-,13+,14+/m1/s1. The molecule has 1 saturated carbocycles. The molecule has 0 aromatic carbocycles. The van der Waals surface area contributed by atoms with Crippen molar-refractivity contribution in [3.63, 3.8) is 0 Å². The molecule has 1 aliphatic carbocycles. The molecule has 1 aliphatic heterocycles. The van der Waals surface area contributed by atoms with Crippen LogP contribution >= 0.6 is 0 Å². The second kappa shape index (κ2) is 7.45. The van der Waals surface area contributed by atoms with Crippen LogP contribution in [0.25, 0.3) is 16.8 Å². The first-order chi connectivity index (χ1) is 14.8. The fraction of sp³-hybridized carbons (Fsp3) is 0.632. The minimum atomic E-state index is -3.82. The minimum absolute atomic E-state index is 0.0267. The summed E-state index contributed by atoms with van der Waals surface area (Å²) in [5.74, 6) is -1.73. The third-order valence-electron chi connectivity index (χ3n) is 6.63. The second-order valence-corrected chi connectivity index (χ2v) is 10.2. The first kappa shape index (κ1) is 20.7. The summed E-state index contributed by atoms with van der Waals surface area (Å²) in [6.07, 6.45) is 4.71. The first-order valence-electron chi connectivity index (χ1n) is 10.6. The monoisotopic (exact) mass is 453 g/mol. The number of piperidine rings is 1. The zero-order valence-corrected chi connectivity index (χ0v) is 17.9. The highest BCUT2D eigenvalue weighted by molar-refractivity contribution is 7.87. The highest BCUT2D eigenvalue weighted by Crippen LogP contribution is 2.42. The summed E-state index contributed by atoms with van der Waals surface area (Å²) < 4.78 is 58.4. The lowest BCUT2D eigenvalue weighted by Gasteiger charge is -2.31. The number of nitrogens with one attached hydrogen (secondary N) is 2. The SMILES string of the molecule is CC[C@@H]1C[C@H](NS(=O)(=O)N2CCC(F)(F)CC2)C[C@@H]1c1nnc2cnc3[nH]ccc3n12. The van der Waals surface area contributed by atoms with E-state index in [1.165, 1.54) is 0 Å². The molecule has 0 spiro atoms. The number of hydrogen-bond acceptors (Lipinski definition) is 5. The van der Waals surface area contributed by atoms with Gasteiger partial charge >= 0.3 is 0 Å². The molecular weight excluding hydrogens is 428 g/mol. The average Bonchev–Trinajstić information content (AvgIpc) is 3.43. The van der Waals surface area contributed by atoms with Gasteiger partial charge in [-0.1, -0.05) is 13.3 Å². The maximum Gasteiger partial charge on any atom is 0.279 e. The van der Waals surface area contributed by atoms with Crippen LogP contribution in [-0.2, 0) is 10.2 Å².